The van der Waals surface area contributed by atoms with Gasteiger partial charge in [-0.1, -0.05) is 12.8 Å². The molecule has 0 aliphatic heterocycles. The molecule has 0 aliphatic carbocycles. The summed E-state index contributed by atoms with van der Waals surface area (Å²) in [5, 5.41) is 0. The van der Waals surface area contributed by atoms with Crippen molar-refractivity contribution in [3.63, 3.8) is 0 Å². The van der Waals surface area contributed by atoms with Gasteiger partial charge < -0.3 is 0 Å². The van der Waals surface area contributed by atoms with Crippen molar-refractivity contribution in [3.8, 4) is 12.3 Å². The Hall–Kier alpha value is -0.780. The van der Waals surface area contributed by atoms with E-state index in [1.807, 2.05) is 4.72 Å². The van der Waals surface area contributed by atoms with E-state index in [-0.39, 0.29) is 0 Å². The Kier molecular flexibility index (Phi) is 5.07. The van der Waals surface area contributed by atoms with Crippen LogP contribution >= 0.6 is 0 Å². The van der Waals surface area contributed by atoms with Crippen molar-refractivity contribution in [1.82, 2.24) is 9.44 Å². The topological polar surface area (TPSA) is 58.2 Å². The fourth-order valence-electron chi connectivity index (χ4n) is 0.641. The van der Waals surface area contributed by atoms with Crippen LogP contribution in [0.25, 0.3) is 0 Å². The molecule has 2 N–H and O–H groups in total. The molecule has 15 heavy (non-hydrogen) atoms. The van der Waals surface area contributed by atoms with Gasteiger partial charge in [0.1, 0.15) is 6.54 Å². The summed E-state index contributed by atoms with van der Waals surface area (Å²) >= 11 is 0. The van der Waals surface area contributed by atoms with Gasteiger partial charge in [-0.05, 0) is 6.42 Å². The van der Waals surface area contributed by atoms with Crippen molar-refractivity contribution < 1.29 is 21.6 Å². The lowest BCUT2D eigenvalue weighted by molar-refractivity contribution is -0.121. The van der Waals surface area contributed by atoms with Crippen LogP contribution in [-0.4, -0.2) is 27.2 Å². The van der Waals surface area contributed by atoms with Crippen LogP contribution in [0.4, 0.5) is 13.2 Å². The van der Waals surface area contributed by atoms with Crippen molar-refractivity contribution in [2.75, 3.05) is 6.54 Å². The van der Waals surface area contributed by atoms with Gasteiger partial charge in [0, 0.05) is 0 Å². The van der Waals surface area contributed by atoms with E-state index in [2.05, 4.69) is 5.92 Å². The minimum atomic E-state index is -4.59. The maximum atomic E-state index is 11.7. The number of halogens is 3. The van der Waals surface area contributed by atoms with Crippen LogP contribution in [0.5, 0.6) is 0 Å². The van der Waals surface area contributed by atoms with Gasteiger partial charge in [0.15, 0.2) is 0 Å². The van der Waals surface area contributed by atoms with E-state index in [0.29, 0.717) is 6.42 Å². The smallest absolute Gasteiger partial charge is 0.195 e. The minimum absolute atomic E-state index is 0.295. The number of rotatable bonds is 5. The molecule has 0 radical (unpaired) electrons. The maximum Gasteiger partial charge on any atom is 0.402 e. The van der Waals surface area contributed by atoms with E-state index < -0.39 is 29.0 Å². The molecule has 88 valence electrons. The fraction of sp³-hybridized carbons (Fsp3) is 0.714. The van der Waals surface area contributed by atoms with Gasteiger partial charge in [0.2, 0.25) is 0 Å². The normalized spacial score (nSPS) is 14.6. The van der Waals surface area contributed by atoms with Gasteiger partial charge in [-0.2, -0.15) is 31.0 Å². The third kappa shape index (κ3) is 7.18. The summed E-state index contributed by atoms with van der Waals surface area (Å²) in [6.45, 7) is -0.0137. The number of nitrogens with one attached hydrogen (secondary N) is 2. The molecule has 0 aromatic rings. The van der Waals surface area contributed by atoms with E-state index in [1.54, 1.807) is 6.92 Å². The minimum Gasteiger partial charge on any atom is -0.195 e. The first-order chi connectivity index (χ1) is 6.70. The summed E-state index contributed by atoms with van der Waals surface area (Å²) in [5.74, 6) is 2.09. The Morgan fingerprint density at radius 2 is 2.00 bits per heavy atom. The molecule has 0 saturated heterocycles. The van der Waals surface area contributed by atoms with Crippen LogP contribution in [0.1, 0.15) is 13.3 Å². The third-order valence-electron chi connectivity index (χ3n) is 1.37. The highest BCUT2D eigenvalue weighted by atomic mass is 32.2. The molecule has 1 atom stereocenters. The molecule has 0 amide bonds. The molecule has 0 aliphatic rings. The van der Waals surface area contributed by atoms with E-state index >= 15 is 0 Å². The van der Waals surface area contributed by atoms with Gasteiger partial charge in [-0.25, -0.2) is 0 Å². The molecule has 8 heteroatoms. The van der Waals surface area contributed by atoms with E-state index in [1.165, 1.54) is 4.72 Å². The maximum absolute atomic E-state index is 11.7. The standard InChI is InChI=1S/C7H11F3N2O2S/c1-3-6(4-2)12-15(13,14)11-5-7(8,9)10/h1,6,11-12H,4-5H2,2H3. The lowest BCUT2D eigenvalue weighted by Gasteiger charge is -2.13. The first-order valence-corrected chi connectivity index (χ1v) is 5.48. The van der Waals surface area contributed by atoms with Crippen molar-refractivity contribution in [2.45, 2.75) is 25.6 Å². The second-order valence-corrected chi connectivity index (χ2v) is 4.22. The summed E-state index contributed by atoms with van der Waals surface area (Å²) in [5.41, 5.74) is 0. The molecule has 0 fully saturated rings. The first kappa shape index (κ1) is 14.2. The number of terminal acetylenes is 1. The molecular formula is C7H11F3N2O2S. The Bertz CT molecular complexity index is 331. The van der Waals surface area contributed by atoms with Crippen molar-refractivity contribution >= 4 is 10.2 Å². The fourth-order valence-corrected chi connectivity index (χ4v) is 1.69. The predicted molar refractivity (Wildman–Crippen MR) is 49.0 cm³/mol. The molecule has 4 nitrogen and oxygen atoms in total. The molecule has 0 bridgehead atoms. The predicted octanol–water partition coefficient (Wildman–Crippen LogP) is 0.384. The molecule has 0 spiro atoms. The molecule has 0 heterocycles. The molecule has 1 unspecified atom stereocenters. The van der Waals surface area contributed by atoms with Crippen LogP contribution in [0.2, 0.25) is 0 Å². The average Bonchev–Trinajstić information content (AvgIpc) is 2.10. The third-order valence-corrected chi connectivity index (χ3v) is 2.49. The van der Waals surface area contributed by atoms with Crippen molar-refractivity contribution in [3.05, 3.63) is 0 Å². The highest BCUT2D eigenvalue weighted by Gasteiger charge is 2.29. The van der Waals surface area contributed by atoms with Gasteiger partial charge in [0.25, 0.3) is 10.2 Å². The Morgan fingerprint density at radius 3 is 2.33 bits per heavy atom. The SMILES string of the molecule is C#CC(CC)NS(=O)(=O)NCC(F)(F)F. The average molecular weight is 244 g/mol. The first-order valence-electron chi connectivity index (χ1n) is 4.00. The lowest BCUT2D eigenvalue weighted by atomic mass is 10.3. The summed E-state index contributed by atoms with van der Waals surface area (Å²) in [4.78, 5) is 0. The molecule has 0 aromatic carbocycles. The highest BCUT2D eigenvalue weighted by molar-refractivity contribution is 7.87. The van der Waals surface area contributed by atoms with E-state index in [0.717, 1.165) is 0 Å². The van der Waals surface area contributed by atoms with Gasteiger partial charge in [-0.15, -0.1) is 6.42 Å². The van der Waals surface area contributed by atoms with E-state index in [4.69, 9.17) is 6.42 Å². The van der Waals surface area contributed by atoms with Crippen molar-refractivity contribution in [2.24, 2.45) is 0 Å². The largest absolute Gasteiger partial charge is 0.402 e. The van der Waals surface area contributed by atoms with Crippen LogP contribution in [0.3, 0.4) is 0 Å². The second-order valence-electron chi connectivity index (χ2n) is 2.69. The number of hydrogen-bond donors (Lipinski definition) is 2. The summed E-state index contributed by atoms with van der Waals surface area (Å²) in [7, 11) is -4.20. The summed E-state index contributed by atoms with van der Waals surface area (Å²) in [6, 6.07) is -0.810. The second kappa shape index (κ2) is 5.34. The number of hydrogen-bond acceptors (Lipinski definition) is 2. The number of alkyl halides is 3. The van der Waals surface area contributed by atoms with Gasteiger partial charge in [-0.3, -0.25) is 0 Å². The van der Waals surface area contributed by atoms with Crippen molar-refractivity contribution in [1.29, 1.82) is 0 Å². The van der Waals surface area contributed by atoms with Crippen LogP contribution in [0, 0.1) is 12.3 Å². The zero-order valence-electron chi connectivity index (χ0n) is 7.93. The van der Waals surface area contributed by atoms with Gasteiger partial charge >= 0.3 is 6.18 Å². The quantitative estimate of drug-likeness (QED) is 0.687. The Balaban J connectivity index is 4.28. The highest BCUT2D eigenvalue weighted by Crippen LogP contribution is 2.12. The Morgan fingerprint density at radius 1 is 1.47 bits per heavy atom. The van der Waals surface area contributed by atoms with Gasteiger partial charge in [0.05, 0.1) is 6.04 Å². The summed E-state index contributed by atoms with van der Waals surface area (Å²) < 4.78 is 60.3. The molecular weight excluding hydrogens is 233 g/mol. The van der Waals surface area contributed by atoms with Crippen LogP contribution < -0.4 is 9.44 Å². The zero-order valence-corrected chi connectivity index (χ0v) is 8.74. The summed E-state index contributed by atoms with van der Waals surface area (Å²) in [6.07, 6.45) is 0.650. The zero-order chi connectivity index (χ0) is 12.1. The molecule has 0 aromatic heterocycles. The Labute approximate surface area is 86.4 Å². The van der Waals surface area contributed by atoms with Crippen LogP contribution in [0.15, 0.2) is 0 Å². The monoisotopic (exact) mass is 244 g/mol. The molecule has 0 saturated carbocycles. The van der Waals surface area contributed by atoms with Crippen LogP contribution in [-0.2, 0) is 10.2 Å². The molecule has 0 rings (SSSR count). The lowest BCUT2D eigenvalue weighted by Crippen LogP contribution is -2.45. The van der Waals surface area contributed by atoms with E-state index in [9.17, 15) is 21.6 Å².